The third-order valence-electron chi connectivity index (χ3n) is 3.04. The van der Waals surface area contributed by atoms with E-state index >= 15 is 0 Å². The molecule has 2 amide bonds. The van der Waals surface area contributed by atoms with Gasteiger partial charge in [0, 0.05) is 12.1 Å². The molecular weight excluding hydrogens is 251 g/mol. The maximum absolute atomic E-state index is 13.3. The number of benzene rings is 1. The van der Waals surface area contributed by atoms with Gasteiger partial charge in [0.05, 0.1) is 0 Å². The van der Waals surface area contributed by atoms with Crippen molar-refractivity contribution in [3.05, 3.63) is 35.6 Å². The minimum Gasteiger partial charge on any atom is -0.480 e. The topological polar surface area (TPSA) is 78.4 Å². The zero-order chi connectivity index (χ0) is 13.8. The molecule has 1 unspecified atom stereocenters. The summed E-state index contributed by atoms with van der Waals surface area (Å²) in [6.07, 6.45) is 1.62. The molecule has 0 heterocycles. The van der Waals surface area contributed by atoms with Crippen molar-refractivity contribution in [2.45, 2.75) is 25.4 Å². The molecule has 1 aromatic carbocycles. The van der Waals surface area contributed by atoms with Crippen molar-refractivity contribution in [3.8, 4) is 0 Å². The average molecular weight is 266 g/mol. The van der Waals surface area contributed by atoms with Crippen molar-refractivity contribution < 1.29 is 19.1 Å². The van der Waals surface area contributed by atoms with Crippen LogP contribution in [0.5, 0.6) is 0 Å². The molecule has 1 aromatic rings. The van der Waals surface area contributed by atoms with Gasteiger partial charge in [-0.15, -0.1) is 0 Å². The predicted octanol–water partition coefficient (Wildman–Crippen LogP) is 1.49. The number of urea groups is 1. The van der Waals surface area contributed by atoms with Gasteiger partial charge in [-0.2, -0.15) is 0 Å². The summed E-state index contributed by atoms with van der Waals surface area (Å²) in [6.45, 7) is 0.0233. The lowest BCUT2D eigenvalue weighted by Gasteiger charge is -2.14. The smallest absolute Gasteiger partial charge is 0.326 e. The highest BCUT2D eigenvalue weighted by atomic mass is 19.1. The number of carboxylic acids is 1. The third-order valence-corrected chi connectivity index (χ3v) is 3.04. The Morgan fingerprint density at radius 3 is 2.63 bits per heavy atom. The van der Waals surface area contributed by atoms with Gasteiger partial charge in [-0.1, -0.05) is 18.2 Å². The molecule has 1 aliphatic rings. The summed E-state index contributed by atoms with van der Waals surface area (Å²) in [5.74, 6) is -1.43. The number of hydrogen-bond donors (Lipinski definition) is 3. The van der Waals surface area contributed by atoms with Gasteiger partial charge in [0.1, 0.15) is 11.9 Å². The van der Waals surface area contributed by atoms with Crippen LogP contribution in [0.1, 0.15) is 18.4 Å². The quantitative estimate of drug-likeness (QED) is 0.755. The van der Waals surface area contributed by atoms with Crippen LogP contribution in [0.15, 0.2) is 24.3 Å². The Hall–Kier alpha value is -2.11. The number of carboxylic acid groups (broad SMARTS) is 1. The predicted molar refractivity (Wildman–Crippen MR) is 65.9 cm³/mol. The fraction of sp³-hybridized carbons (Fsp3) is 0.385. The number of hydrogen-bond acceptors (Lipinski definition) is 2. The summed E-state index contributed by atoms with van der Waals surface area (Å²) >= 11 is 0. The van der Waals surface area contributed by atoms with E-state index in [1.54, 1.807) is 18.2 Å². The second-order valence-electron chi connectivity index (χ2n) is 4.57. The lowest BCUT2D eigenvalue weighted by molar-refractivity contribution is -0.139. The van der Waals surface area contributed by atoms with Crippen LogP contribution in [0.4, 0.5) is 9.18 Å². The largest absolute Gasteiger partial charge is 0.480 e. The SMILES string of the molecule is O=C(NCc1ccccc1F)NC(C(=O)O)C1CC1. The fourth-order valence-electron chi connectivity index (χ4n) is 1.82. The molecule has 1 fully saturated rings. The molecule has 0 aliphatic heterocycles. The van der Waals surface area contributed by atoms with Crippen LogP contribution in [0, 0.1) is 11.7 Å². The van der Waals surface area contributed by atoms with E-state index in [1.165, 1.54) is 6.07 Å². The van der Waals surface area contributed by atoms with Crippen molar-refractivity contribution in [3.63, 3.8) is 0 Å². The summed E-state index contributed by atoms with van der Waals surface area (Å²) in [5.41, 5.74) is 0.357. The summed E-state index contributed by atoms with van der Waals surface area (Å²) in [7, 11) is 0. The van der Waals surface area contributed by atoms with Gasteiger partial charge in [0.25, 0.3) is 0 Å². The second kappa shape index (κ2) is 5.69. The van der Waals surface area contributed by atoms with E-state index in [4.69, 9.17) is 5.11 Å². The van der Waals surface area contributed by atoms with E-state index in [0.717, 1.165) is 12.8 Å². The molecule has 19 heavy (non-hydrogen) atoms. The van der Waals surface area contributed by atoms with Crippen LogP contribution < -0.4 is 10.6 Å². The second-order valence-corrected chi connectivity index (χ2v) is 4.57. The van der Waals surface area contributed by atoms with Crippen LogP contribution in [-0.4, -0.2) is 23.1 Å². The Morgan fingerprint density at radius 2 is 2.05 bits per heavy atom. The van der Waals surface area contributed by atoms with E-state index in [9.17, 15) is 14.0 Å². The van der Waals surface area contributed by atoms with E-state index < -0.39 is 23.9 Å². The van der Waals surface area contributed by atoms with Crippen LogP contribution in [0.2, 0.25) is 0 Å². The highest BCUT2D eigenvalue weighted by molar-refractivity contribution is 5.83. The van der Waals surface area contributed by atoms with Crippen LogP contribution >= 0.6 is 0 Å². The third kappa shape index (κ3) is 3.67. The summed E-state index contributed by atoms with van der Waals surface area (Å²) < 4.78 is 13.3. The van der Waals surface area contributed by atoms with Crippen LogP contribution in [0.3, 0.4) is 0 Å². The number of carbonyl (C=O) groups is 2. The first kappa shape index (κ1) is 13.3. The highest BCUT2D eigenvalue weighted by Gasteiger charge is 2.37. The molecule has 102 valence electrons. The molecule has 0 saturated heterocycles. The zero-order valence-corrected chi connectivity index (χ0v) is 10.2. The fourth-order valence-corrected chi connectivity index (χ4v) is 1.82. The molecule has 2 rings (SSSR count). The summed E-state index contributed by atoms with van der Waals surface area (Å²) in [6, 6.07) is 4.64. The molecule has 3 N–H and O–H groups in total. The van der Waals surface area contributed by atoms with Gasteiger partial charge in [-0.05, 0) is 24.8 Å². The van der Waals surface area contributed by atoms with Gasteiger partial charge >= 0.3 is 12.0 Å². The molecule has 5 nitrogen and oxygen atoms in total. The Labute approximate surface area is 109 Å². The van der Waals surface area contributed by atoms with E-state index in [1.807, 2.05) is 0 Å². The molecular formula is C13H15FN2O3. The van der Waals surface area contributed by atoms with Crippen molar-refractivity contribution in [1.82, 2.24) is 10.6 Å². The minimum absolute atomic E-state index is 0.0108. The van der Waals surface area contributed by atoms with E-state index in [0.29, 0.717) is 5.56 Å². The molecule has 0 radical (unpaired) electrons. The van der Waals surface area contributed by atoms with Crippen molar-refractivity contribution in [2.75, 3.05) is 0 Å². The minimum atomic E-state index is -1.04. The normalized spacial score (nSPS) is 15.6. The molecule has 6 heteroatoms. The van der Waals surface area contributed by atoms with Gasteiger partial charge in [-0.3, -0.25) is 0 Å². The zero-order valence-electron chi connectivity index (χ0n) is 10.2. The lowest BCUT2D eigenvalue weighted by Crippen LogP contribution is -2.47. The molecule has 1 atom stereocenters. The van der Waals surface area contributed by atoms with Crippen molar-refractivity contribution >= 4 is 12.0 Å². The van der Waals surface area contributed by atoms with Gasteiger partial charge in [0.2, 0.25) is 0 Å². The Bertz CT molecular complexity index is 489. The molecule has 0 bridgehead atoms. The van der Waals surface area contributed by atoms with Crippen molar-refractivity contribution in [2.24, 2.45) is 5.92 Å². The number of amides is 2. The van der Waals surface area contributed by atoms with Crippen LogP contribution in [0.25, 0.3) is 0 Å². The molecule has 1 saturated carbocycles. The first-order valence-electron chi connectivity index (χ1n) is 6.08. The highest BCUT2D eigenvalue weighted by Crippen LogP contribution is 2.32. The monoisotopic (exact) mass is 266 g/mol. The Morgan fingerprint density at radius 1 is 1.37 bits per heavy atom. The molecule has 0 spiro atoms. The number of carbonyl (C=O) groups excluding carboxylic acids is 1. The average Bonchev–Trinajstić information content (AvgIpc) is 3.19. The first-order valence-corrected chi connectivity index (χ1v) is 6.08. The standard InChI is InChI=1S/C13H15FN2O3/c14-10-4-2-1-3-9(10)7-15-13(19)16-11(12(17)18)8-5-6-8/h1-4,8,11H,5-7H2,(H,17,18)(H2,15,16,19). The van der Waals surface area contributed by atoms with Gasteiger partial charge < -0.3 is 15.7 Å². The van der Waals surface area contributed by atoms with Gasteiger partial charge in [-0.25, -0.2) is 14.0 Å². The summed E-state index contributed by atoms with van der Waals surface area (Å²) in [5, 5.41) is 13.8. The van der Waals surface area contributed by atoms with Gasteiger partial charge in [0.15, 0.2) is 0 Å². The molecule has 0 aromatic heterocycles. The number of aliphatic carboxylic acids is 1. The van der Waals surface area contributed by atoms with E-state index in [2.05, 4.69) is 10.6 Å². The Kier molecular flexibility index (Phi) is 3.99. The number of nitrogens with one attached hydrogen (secondary N) is 2. The Balaban J connectivity index is 1.84. The summed E-state index contributed by atoms with van der Waals surface area (Å²) in [4.78, 5) is 22.5. The van der Waals surface area contributed by atoms with E-state index in [-0.39, 0.29) is 12.5 Å². The van der Waals surface area contributed by atoms with Crippen LogP contribution in [-0.2, 0) is 11.3 Å². The molecule has 1 aliphatic carbocycles. The number of rotatable bonds is 5. The first-order chi connectivity index (χ1) is 9.08. The maximum atomic E-state index is 13.3. The van der Waals surface area contributed by atoms with Crippen molar-refractivity contribution in [1.29, 1.82) is 0 Å². The number of halogens is 1. The maximum Gasteiger partial charge on any atom is 0.326 e. The lowest BCUT2D eigenvalue weighted by atomic mass is 10.2.